The number of nitriles is 1. The maximum absolute atomic E-state index is 13.4. The van der Waals surface area contributed by atoms with Crippen molar-refractivity contribution in [3.8, 4) is 6.07 Å². The van der Waals surface area contributed by atoms with Crippen molar-refractivity contribution in [2.75, 3.05) is 12.3 Å². The summed E-state index contributed by atoms with van der Waals surface area (Å²) in [6.45, 7) is 2.60. The molecule has 0 saturated carbocycles. The molecule has 3 aromatic rings. The minimum atomic E-state index is -4.99. The fourth-order valence-electron chi connectivity index (χ4n) is 3.71. The van der Waals surface area contributed by atoms with Gasteiger partial charge < -0.3 is 4.52 Å². The van der Waals surface area contributed by atoms with Crippen molar-refractivity contribution in [2.45, 2.75) is 45.5 Å². The minimum Gasteiger partial charge on any atom is -0.335 e. The molecule has 1 unspecified atom stereocenters. The van der Waals surface area contributed by atoms with Gasteiger partial charge in [0.25, 0.3) is 11.3 Å². The third-order valence-electron chi connectivity index (χ3n) is 5.16. The normalized spacial score (nSPS) is 13.3. The summed E-state index contributed by atoms with van der Waals surface area (Å²) in [5.41, 5.74) is 0.265. The number of aromatic nitrogens is 3. The molecule has 182 valence electrons. The lowest BCUT2D eigenvalue weighted by atomic mass is 10.1. The van der Waals surface area contributed by atoms with Crippen LogP contribution in [0.4, 0.5) is 13.2 Å². The fraction of sp³-hybridized carbons (Fsp3) is 0.429. The summed E-state index contributed by atoms with van der Waals surface area (Å²) in [6, 6.07) is 9.27. The monoisotopic (exact) mass is 497 g/mol. The molecular weight excluding hydrogens is 475 g/mol. The lowest BCUT2D eigenvalue weighted by molar-refractivity contribution is -0.107. The molecule has 0 aliphatic carbocycles. The Balaban J connectivity index is 2.24. The number of fused-ring (bicyclic) bond motifs is 1. The van der Waals surface area contributed by atoms with Gasteiger partial charge in [-0.15, -0.1) is 0 Å². The zero-order valence-corrected chi connectivity index (χ0v) is 19.2. The molecule has 0 fully saturated rings. The van der Waals surface area contributed by atoms with Gasteiger partial charge in [0.1, 0.15) is 11.2 Å². The van der Waals surface area contributed by atoms with Gasteiger partial charge in [-0.1, -0.05) is 42.4 Å². The van der Waals surface area contributed by atoms with Crippen LogP contribution in [0, 0.1) is 18.3 Å². The van der Waals surface area contributed by atoms with Crippen molar-refractivity contribution >= 4 is 21.1 Å². The van der Waals surface area contributed by atoms with E-state index in [4.69, 9.17) is 9.78 Å². The maximum atomic E-state index is 13.4. The Hall–Kier alpha value is -3.24. The van der Waals surface area contributed by atoms with Gasteiger partial charge in [0.05, 0.1) is 24.3 Å². The third-order valence-corrected chi connectivity index (χ3v) is 7.00. The zero-order valence-electron chi connectivity index (χ0n) is 18.4. The molecule has 0 radical (unpaired) electrons. The number of hydrogen-bond donors (Lipinski definition) is 0. The average molecular weight is 497 g/mol. The van der Waals surface area contributed by atoms with Crippen molar-refractivity contribution in [2.24, 2.45) is 0 Å². The van der Waals surface area contributed by atoms with Crippen LogP contribution in [0.15, 0.2) is 39.6 Å². The lowest BCUT2D eigenvalue weighted by Gasteiger charge is -2.31. The molecule has 2 aromatic heterocycles. The predicted molar refractivity (Wildman–Crippen MR) is 116 cm³/mol. The Bertz CT molecular complexity index is 1360. The second-order valence-corrected chi connectivity index (χ2v) is 9.53. The summed E-state index contributed by atoms with van der Waals surface area (Å²) in [7, 11) is -4.91. The third kappa shape index (κ3) is 5.45. The second-order valence-electron chi connectivity index (χ2n) is 7.61. The van der Waals surface area contributed by atoms with Gasteiger partial charge in [-0.2, -0.15) is 27.7 Å². The van der Waals surface area contributed by atoms with E-state index in [1.807, 2.05) is 0 Å². The van der Waals surface area contributed by atoms with E-state index in [1.165, 1.54) is 4.57 Å². The first kappa shape index (κ1) is 25.4. The molecule has 2 heterocycles. The Morgan fingerprint density at radius 3 is 2.53 bits per heavy atom. The summed E-state index contributed by atoms with van der Waals surface area (Å²) in [5, 5.41) is 12.8. The molecule has 9 nitrogen and oxygen atoms in total. The Kier molecular flexibility index (Phi) is 7.42. The van der Waals surface area contributed by atoms with E-state index in [9.17, 15) is 26.4 Å². The van der Waals surface area contributed by atoms with Crippen LogP contribution < -0.4 is 5.56 Å². The summed E-state index contributed by atoms with van der Waals surface area (Å²) in [5.74, 6) is -2.20. The summed E-state index contributed by atoms with van der Waals surface area (Å²) in [4.78, 5) is 17.7. The molecule has 0 saturated heterocycles. The molecule has 0 amide bonds. The number of nitrogens with zero attached hydrogens (tertiary/aromatic N) is 5. The average Bonchev–Trinajstić information content (AvgIpc) is 3.13. The number of benzene rings is 1. The molecule has 0 bridgehead atoms. The topological polar surface area (TPSA) is 122 Å². The highest BCUT2D eigenvalue weighted by Crippen LogP contribution is 2.30. The fourth-order valence-corrected chi connectivity index (χ4v) is 5.29. The maximum Gasteiger partial charge on any atom is 0.404 e. The largest absolute Gasteiger partial charge is 0.404 e. The van der Waals surface area contributed by atoms with E-state index in [1.54, 1.807) is 50.2 Å². The van der Waals surface area contributed by atoms with Crippen molar-refractivity contribution in [3.05, 3.63) is 57.8 Å². The van der Waals surface area contributed by atoms with E-state index < -0.39 is 40.1 Å². The molecule has 1 atom stereocenters. The highest BCUT2D eigenvalue weighted by Gasteiger charge is 2.42. The van der Waals surface area contributed by atoms with Gasteiger partial charge in [-0.05, 0) is 18.9 Å². The van der Waals surface area contributed by atoms with Crippen LogP contribution in [-0.2, 0) is 16.6 Å². The van der Waals surface area contributed by atoms with E-state index >= 15 is 0 Å². The van der Waals surface area contributed by atoms with Crippen LogP contribution in [0.1, 0.15) is 42.9 Å². The van der Waals surface area contributed by atoms with Gasteiger partial charge in [-0.25, -0.2) is 8.42 Å². The van der Waals surface area contributed by atoms with Crippen LogP contribution in [0.3, 0.4) is 0 Å². The first-order valence-electron chi connectivity index (χ1n) is 10.3. The summed E-state index contributed by atoms with van der Waals surface area (Å²) < 4.78 is 71.8. The van der Waals surface area contributed by atoms with Crippen LogP contribution in [-0.4, -0.2) is 45.9 Å². The lowest BCUT2D eigenvalue weighted by Crippen LogP contribution is -2.43. The number of halogens is 3. The predicted octanol–water partition coefficient (Wildman–Crippen LogP) is 3.30. The molecule has 3 rings (SSSR count). The molecule has 0 aliphatic heterocycles. The van der Waals surface area contributed by atoms with Gasteiger partial charge in [0.15, 0.2) is 5.75 Å². The van der Waals surface area contributed by atoms with Crippen molar-refractivity contribution in [3.63, 3.8) is 0 Å². The molecule has 0 aliphatic rings. The van der Waals surface area contributed by atoms with Gasteiger partial charge in [0, 0.05) is 13.0 Å². The van der Waals surface area contributed by atoms with Crippen molar-refractivity contribution < 1.29 is 26.1 Å². The number of rotatable bonds is 9. The number of sulfonamides is 1. The standard InChI is InChI=1S/C21H22F3N5O4S/c1-3-16(29(11-7-10-25)34(31,32)13-21(22,23)24)18-26-19-17(14(2)27-33-19)20(30)28(18)12-15-8-5-4-6-9-15/h4-6,8-9,16H,3,7,11-13H2,1-2H3. The molecule has 13 heteroatoms. The van der Waals surface area contributed by atoms with E-state index in [0.717, 1.165) is 0 Å². The zero-order chi connectivity index (χ0) is 25.1. The number of hydrogen-bond acceptors (Lipinski definition) is 7. The van der Waals surface area contributed by atoms with Crippen LogP contribution in [0.5, 0.6) is 0 Å². The molecule has 1 aromatic carbocycles. The number of alkyl halides is 3. The summed E-state index contributed by atoms with van der Waals surface area (Å²) in [6.07, 6.45) is -5.35. The van der Waals surface area contributed by atoms with Gasteiger partial charge >= 0.3 is 6.18 Å². The van der Waals surface area contributed by atoms with Gasteiger partial charge in [0.2, 0.25) is 10.0 Å². The highest BCUT2D eigenvalue weighted by molar-refractivity contribution is 7.89. The first-order chi connectivity index (χ1) is 16.0. The smallest absolute Gasteiger partial charge is 0.335 e. The molecule has 34 heavy (non-hydrogen) atoms. The van der Waals surface area contributed by atoms with Gasteiger partial charge in [-0.3, -0.25) is 9.36 Å². The highest BCUT2D eigenvalue weighted by atomic mass is 32.2. The first-order valence-corrected chi connectivity index (χ1v) is 11.9. The van der Waals surface area contributed by atoms with Crippen LogP contribution in [0.25, 0.3) is 11.1 Å². The summed E-state index contributed by atoms with van der Waals surface area (Å²) >= 11 is 0. The molecule has 0 spiro atoms. The Morgan fingerprint density at radius 2 is 1.94 bits per heavy atom. The van der Waals surface area contributed by atoms with Crippen molar-refractivity contribution in [1.29, 1.82) is 5.26 Å². The number of aryl methyl sites for hydroxylation is 1. The van der Waals surface area contributed by atoms with E-state index in [0.29, 0.717) is 9.87 Å². The quantitative estimate of drug-likeness (QED) is 0.445. The van der Waals surface area contributed by atoms with E-state index in [-0.39, 0.29) is 42.0 Å². The van der Waals surface area contributed by atoms with Crippen LogP contribution in [0.2, 0.25) is 0 Å². The van der Waals surface area contributed by atoms with E-state index in [2.05, 4.69) is 10.1 Å². The Labute approximate surface area is 193 Å². The minimum absolute atomic E-state index is 0.00945. The van der Waals surface area contributed by atoms with Crippen LogP contribution >= 0.6 is 0 Å². The molecular formula is C21H22F3N5O4S. The second kappa shape index (κ2) is 9.94. The molecule has 0 N–H and O–H groups in total. The van der Waals surface area contributed by atoms with Crippen molar-refractivity contribution in [1.82, 2.24) is 19.0 Å². The SMILES string of the molecule is CCC(c1nc2onc(C)c2c(=O)n1Cc1ccccc1)N(CCC#N)S(=O)(=O)CC(F)(F)F. The Morgan fingerprint density at radius 1 is 1.26 bits per heavy atom.